The van der Waals surface area contributed by atoms with Crippen molar-refractivity contribution >= 4 is 11.3 Å². The quantitative estimate of drug-likeness (QED) is 0.859. The second-order valence-electron chi connectivity index (χ2n) is 3.27. The fourth-order valence-corrected chi connectivity index (χ4v) is 1.94. The fraction of sp³-hybridized carbons (Fsp3) is 0.273. The van der Waals surface area contributed by atoms with Crippen LogP contribution in [0.3, 0.4) is 0 Å². The monoisotopic (exact) mass is 235 g/mol. The number of aromatic nitrogens is 2. The Hall–Kier alpha value is -1.46. The minimum atomic E-state index is 0.537. The molecule has 1 aromatic carbocycles. The van der Waals surface area contributed by atoms with Crippen LogP contribution in [-0.4, -0.2) is 17.2 Å². The third-order valence-electron chi connectivity index (χ3n) is 1.98. The Kier molecular flexibility index (Phi) is 3.85. The van der Waals surface area contributed by atoms with Gasteiger partial charge in [0, 0.05) is 6.54 Å². The van der Waals surface area contributed by atoms with Crippen molar-refractivity contribution in [3.63, 3.8) is 0 Å². The third-order valence-corrected chi connectivity index (χ3v) is 2.82. The molecule has 0 aliphatic rings. The van der Waals surface area contributed by atoms with Crippen molar-refractivity contribution in [2.75, 3.05) is 7.05 Å². The van der Waals surface area contributed by atoms with Crippen molar-refractivity contribution < 1.29 is 4.74 Å². The lowest BCUT2D eigenvalue weighted by Crippen LogP contribution is -2.04. The van der Waals surface area contributed by atoms with Crippen LogP contribution in [0.2, 0.25) is 0 Å². The molecule has 0 unspecified atom stereocenters. The summed E-state index contributed by atoms with van der Waals surface area (Å²) in [6, 6.07) is 10.0. The summed E-state index contributed by atoms with van der Waals surface area (Å²) in [6.45, 7) is 1.27. The molecular formula is C11H13N3OS. The van der Waals surface area contributed by atoms with E-state index in [-0.39, 0.29) is 0 Å². The maximum absolute atomic E-state index is 5.54. The van der Waals surface area contributed by atoms with Crippen LogP contribution in [0.25, 0.3) is 0 Å². The number of nitrogens with zero attached hydrogens (tertiary/aromatic N) is 2. The molecule has 0 saturated carbocycles. The summed E-state index contributed by atoms with van der Waals surface area (Å²) in [5, 5.41) is 12.5. The number of ether oxygens (including phenoxy) is 1. The van der Waals surface area contributed by atoms with Crippen LogP contribution in [-0.2, 0) is 13.2 Å². The van der Waals surface area contributed by atoms with Crippen LogP contribution >= 0.6 is 11.3 Å². The Labute approximate surface area is 98.3 Å². The minimum Gasteiger partial charge on any atom is -0.464 e. The van der Waals surface area contributed by atoms with Crippen LogP contribution < -0.4 is 10.1 Å². The molecule has 84 valence electrons. The summed E-state index contributed by atoms with van der Waals surface area (Å²) < 4.78 is 5.54. The molecule has 0 aliphatic carbocycles. The van der Waals surface area contributed by atoms with Gasteiger partial charge in [-0.15, -0.1) is 5.10 Å². The molecule has 0 spiro atoms. The van der Waals surface area contributed by atoms with E-state index in [0.29, 0.717) is 11.8 Å². The maximum atomic E-state index is 5.54. The molecular weight excluding hydrogens is 222 g/mol. The van der Waals surface area contributed by atoms with Gasteiger partial charge >= 0.3 is 0 Å². The molecule has 0 amide bonds. The lowest BCUT2D eigenvalue weighted by Gasteiger charge is -2.00. The predicted molar refractivity (Wildman–Crippen MR) is 63.4 cm³/mol. The molecule has 1 aromatic heterocycles. The van der Waals surface area contributed by atoms with Crippen molar-refractivity contribution in [3.8, 4) is 5.19 Å². The molecule has 0 bridgehead atoms. The van der Waals surface area contributed by atoms with Crippen molar-refractivity contribution in [1.82, 2.24) is 15.5 Å². The second-order valence-corrected chi connectivity index (χ2v) is 4.29. The molecule has 2 rings (SSSR count). The lowest BCUT2D eigenvalue weighted by molar-refractivity contribution is 0.302. The lowest BCUT2D eigenvalue weighted by atomic mass is 10.2. The Morgan fingerprint density at radius 2 is 2.06 bits per heavy atom. The van der Waals surface area contributed by atoms with Gasteiger partial charge in [-0.25, -0.2) is 0 Å². The van der Waals surface area contributed by atoms with Gasteiger partial charge in [-0.3, -0.25) is 0 Å². The van der Waals surface area contributed by atoms with Gasteiger partial charge in [0.1, 0.15) is 11.6 Å². The van der Waals surface area contributed by atoms with Gasteiger partial charge in [0.2, 0.25) is 0 Å². The first-order valence-electron chi connectivity index (χ1n) is 5.02. The van der Waals surface area contributed by atoms with Gasteiger partial charge in [0.15, 0.2) is 0 Å². The Balaban J connectivity index is 1.89. The molecule has 16 heavy (non-hydrogen) atoms. The summed E-state index contributed by atoms with van der Waals surface area (Å²) in [5.41, 5.74) is 1.13. The fourth-order valence-electron chi connectivity index (χ4n) is 1.24. The summed E-state index contributed by atoms with van der Waals surface area (Å²) in [5.74, 6) is 0. The number of benzene rings is 1. The smallest absolute Gasteiger partial charge is 0.294 e. The van der Waals surface area contributed by atoms with Crippen LogP contribution in [0.5, 0.6) is 5.19 Å². The van der Waals surface area contributed by atoms with Crippen LogP contribution in [0.4, 0.5) is 0 Å². The number of hydrogen-bond donors (Lipinski definition) is 1. The summed E-state index contributed by atoms with van der Waals surface area (Å²) in [7, 11) is 1.88. The first-order chi connectivity index (χ1) is 7.88. The average molecular weight is 235 g/mol. The van der Waals surface area contributed by atoms with E-state index in [1.807, 2.05) is 37.4 Å². The molecule has 0 fully saturated rings. The maximum Gasteiger partial charge on any atom is 0.294 e. The highest BCUT2D eigenvalue weighted by Crippen LogP contribution is 2.18. The Morgan fingerprint density at radius 3 is 2.81 bits per heavy atom. The zero-order valence-corrected chi connectivity index (χ0v) is 9.83. The SMILES string of the molecule is CNCc1nnc(OCc2ccccc2)s1. The molecule has 4 nitrogen and oxygen atoms in total. The molecule has 0 atom stereocenters. The molecule has 1 heterocycles. The van der Waals surface area contributed by atoms with Crippen LogP contribution in [0.15, 0.2) is 30.3 Å². The summed E-state index contributed by atoms with van der Waals surface area (Å²) in [4.78, 5) is 0. The summed E-state index contributed by atoms with van der Waals surface area (Å²) >= 11 is 1.47. The number of rotatable bonds is 5. The molecule has 1 N–H and O–H groups in total. The summed E-state index contributed by atoms with van der Waals surface area (Å²) in [6.07, 6.45) is 0. The highest BCUT2D eigenvalue weighted by molar-refractivity contribution is 7.13. The molecule has 5 heteroatoms. The molecule has 0 saturated heterocycles. The van der Waals surface area contributed by atoms with Crippen LogP contribution in [0.1, 0.15) is 10.6 Å². The van der Waals surface area contributed by atoms with Gasteiger partial charge in [-0.05, 0) is 12.6 Å². The molecule has 2 aromatic rings. The van der Waals surface area contributed by atoms with E-state index in [0.717, 1.165) is 17.1 Å². The normalized spacial score (nSPS) is 10.3. The van der Waals surface area contributed by atoms with Gasteiger partial charge < -0.3 is 10.1 Å². The topological polar surface area (TPSA) is 47.0 Å². The second kappa shape index (κ2) is 5.58. The highest BCUT2D eigenvalue weighted by Gasteiger charge is 2.03. The van der Waals surface area contributed by atoms with Gasteiger partial charge in [0.25, 0.3) is 5.19 Å². The van der Waals surface area contributed by atoms with Gasteiger partial charge in [-0.2, -0.15) is 0 Å². The standard InChI is InChI=1S/C11H13N3OS/c1-12-7-10-13-14-11(16-10)15-8-9-5-3-2-4-6-9/h2-6,12H,7-8H2,1H3. The minimum absolute atomic E-state index is 0.537. The Morgan fingerprint density at radius 1 is 1.25 bits per heavy atom. The van der Waals surface area contributed by atoms with Gasteiger partial charge in [-0.1, -0.05) is 46.8 Å². The number of hydrogen-bond acceptors (Lipinski definition) is 5. The van der Waals surface area contributed by atoms with Crippen molar-refractivity contribution in [3.05, 3.63) is 40.9 Å². The van der Waals surface area contributed by atoms with E-state index < -0.39 is 0 Å². The van der Waals surface area contributed by atoms with E-state index in [4.69, 9.17) is 4.74 Å². The van der Waals surface area contributed by atoms with Crippen molar-refractivity contribution in [1.29, 1.82) is 0 Å². The largest absolute Gasteiger partial charge is 0.464 e. The van der Waals surface area contributed by atoms with E-state index in [2.05, 4.69) is 15.5 Å². The van der Waals surface area contributed by atoms with Crippen molar-refractivity contribution in [2.45, 2.75) is 13.2 Å². The van der Waals surface area contributed by atoms with E-state index in [1.54, 1.807) is 0 Å². The zero-order chi connectivity index (χ0) is 11.2. The zero-order valence-electron chi connectivity index (χ0n) is 9.01. The third kappa shape index (κ3) is 3.01. The first kappa shape index (κ1) is 11.0. The number of nitrogens with one attached hydrogen (secondary N) is 1. The van der Waals surface area contributed by atoms with Crippen LogP contribution in [0, 0.1) is 0 Å². The Bertz CT molecular complexity index is 430. The highest BCUT2D eigenvalue weighted by atomic mass is 32.1. The van der Waals surface area contributed by atoms with E-state index in [1.165, 1.54) is 11.3 Å². The van der Waals surface area contributed by atoms with E-state index in [9.17, 15) is 0 Å². The average Bonchev–Trinajstić information content (AvgIpc) is 2.76. The van der Waals surface area contributed by atoms with Gasteiger partial charge in [0.05, 0.1) is 0 Å². The van der Waals surface area contributed by atoms with Crippen molar-refractivity contribution in [2.24, 2.45) is 0 Å². The molecule has 0 radical (unpaired) electrons. The molecule has 0 aliphatic heterocycles. The first-order valence-corrected chi connectivity index (χ1v) is 5.84. The van der Waals surface area contributed by atoms with E-state index >= 15 is 0 Å². The predicted octanol–water partition coefficient (Wildman–Crippen LogP) is 1.84.